The van der Waals surface area contributed by atoms with Crippen LogP contribution < -0.4 is 5.32 Å². The van der Waals surface area contributed by atoms with Gasteiger partial charge in [-0.2, -0.15) is 0 Å². The fraction of sp³-hybridized carbons (Fsp3) is 0.250. The lowest BCUT2D eigenvalue weighted by Gasteiger charge is -2.16. The van der Waals surface area contributed by atoms with Gasteiger partial charge in [0.05, 0.1) is 4.92 Å². The van der Waals surface area contributed by atoms with Gasteiger partial charge >= 0.3 is 0 Å². The molecule has 0 heterocycles. The molecule has 0 spiro atoms. The first kappa shape index (κ1) is 14.1. The molecule has 0 aliphatic carbocycles. The maximum absolute atomic E-state index is 11.1. The second kappa shape index (κ2) is 5.74. The average Bonchev–Trinajstić information content (AvgIpc) is 2.38. The van der Waals surface area contributed by atoms with Crippen LogP contribution in [0.15, 0.2) is 42.5 Å². The van der Waals surface area contributed by atoms with Gasteiger partial charge < -0.3 is 5.32 Å². The summed E-state index contributed by atoms with van der Waals surface area (Å²) in [6.45, 7) is 5.96. The summed E-state index contributed by atoms with van der Waals surface area (Å²) in [5, 5.41) is 14.3. The summed E-state index contributed by atoms with van der Waals surface area (Å²) in [5.74, 6) is 0. The summed E-state index contributed by atoms with van der Waals surface area (Å²) in [6, 6.07) is 13.2. The fourth-order valence-corrected chi connectivity index (χ4v) is 2.18. The Morgan fingerprint density at radius 1 is 1.10 bits per heavy atom. The molecule has 4 nitrogen and oxygen atoms in total. The zero-order valence-corrected chi connectivity index (χ0v) is 11.9. The van der Waals surface area contributed by atoms with Gasteiger partial charge in [-0.15, -0.1) is 0 Å². The number of hydrogen-bond donors (Lipinski definition) is 1. The minimum Gasteiger partial charge on any atom is -0.373 e. The molecule has 2 aromatic carbocycles. The SMILES string of the molecule is Cc1cccc(C(C)Nc2cc(C)ccc2[N+](=O)[O-])c1. The highest BCUT2D eigenvalue weighted by atomic mass is 16.6. The lowest BCUT2D eigenvalue weighted by Crippen LogP contribution is -2.08. The molecule has 2 rings (SSSR count). The molecule has 0 fully saturated rings. The van der Waals surface area contributed by atoms with Crippen molar-refractivity contribution in [1.82, 2.24) is 0 Å². The first-order valence-electron chi connectivity index (χ1n) is 6.55. The standard InChI is InChI=1S/C16H18N2O2/c1-11-5-4-6-14(9-11)13(3)17-15-10-12(2)7-8-16(15)18(19)20/h4-10,13,17H,1-3H3. The van der Waals surface area contributed by atoms with Gasteiger partial charge in [0.25, 0.3) is 5.69 Å². The lowest BCUT2D eigenvalue weighted by molar-refractivity contribution is -0.384. The molecule has 0 aromatic heterocycles. The highest BCUT2D eigenvalue weighted by Crippen LogP contribution is 2.29. The predicted octanol–water partition coefficient (Wildman–Crippen LogP) is 4.38. The van der Waals surface area contributed by atoms with E-state index >= 15 is 0 Å². The largest absolute Gasteiger partial charge is 0.373 e. The number of aryl methyl sites for hydroxylation is 2. The summed E-state index contributed by atoms with van der Waals surface area (Å²) in [7, 11) is 0. The Bertz CT molecular complexity index is 638. The van der Waals surface area contributed by atoms with Crippen LogP contribution >= 0.6 is 0 Å². The molecular weight excluding hydrogens is 252 g/mol. The van der Waals surface area contributed by atoms with E-state index in [9.17, 15) is 10.1 Å². The van der Waals surface area contributed by atoms with E-state index in [0.717, 1.165) is 11.1 Å². The summed E-state index contributed by atoms with van der Waals surface area (Å²) in [5.41, 5.74) is 3.95. The Labute approximate surface area is 118 Å². The maximum atomic E-state index is 11.1. The van der Waals surface area contributed by atoms with Crippen molar-refractivity contribution in [1.29, 1.82) is 0 Å². The van der Waals surface area contributed by atoms with Crippen molar-refractivity contribution < 1.29 is 4.92 Å². The number of benzene rings is 2. The van der Waals surface area contributed by atoms with Crippen LogP contribution in [0.3, 0.4) is 0 Å². The van der Waals surface area contributed by atoms with E-state index < -0.39 is 0 Å². The summed E-state index contributed by atoms with van der Waals surface area (Å²) in [6.07, 6.45) is 0. The maximum Gasteiger partial charge on any atom is 0.292 e. The predicted molar refractivity (Wildman–Crippen MR) is 81.1 cm³/mol. The third-order valence-electron chi connectivity index (χ3n) is 3.26. The molecule has 104 valence electrons. The van der Waals surface area contributed by atoms with Crippen LogP contribution in [0.1, 0.15) is 29.7 Å². The quantitative estimate of drug-likeness (QED) is 0.662. The molecule has 0 radical (unpaired) electrons. The van der Waals surface area contributed by atoms with Crippen molar-refractivity contribution in [2.75, 3.05) is 5.32 Å². The first-order chi connectivity index (χ1) is 9.47. The molecule has 0 saturated heterocycles. The van der Waals surface area contributed by atoms with Crippen molar-refractivity contribution in [3.05, 3.63) is 69.3 Å². The zero-order valence-electron chi connectivity index (χ0n) is 11.9. The van der Waals surface area contributed by atoms with Crippen LogP contribution in [0.5, 0.6) is 0 Å². The van der Waals surface area contributed by atoms with E-state index in [4.69, 9.17) is 0 Å². The van der Waals surface area contributed by atoms with Gasteiger partial charge in [0, 0.05) is 12.1 Å². The summed E-state index contributed by atoms with van der Waals surface area (Å²) < 4.78 is 0. The molecule has 1 N–H and O–H groups in total. The van der Waals surface area contributed by atoms with Crippen molar-refractivity contribution >= 4 is 11.4 Å². The molecule has 2 aromatic rings. The second-order valence-corrected chi connectivity index (χ2v) is 5.06. The Morgan fingerprint density at radius 2 is 1.80 bits per heavy atom. The normalized spacial score (nSPS) is 11.9. The van der Waals surface area contributed by atoms with Crippen LogP contribution in [0.4, 0.5) is 11.4 Å². The Morgan fingerprint density at radius 3 is 2.45 bits per heavy atom. The first-order valence-corrected chi connectivity index (χ1v) is 6.55. The van der Waals surface area contributed by atoms with E-state index in [1.54, 1.807) is 12.1 Å². The lowest BCUT2D eigenvalue weighted by atomic mass is 10.1. The Balaban J connectivity index is 2.29. The fourth-order valence-electron chi connectivity index (χ4n) is 2.18. The highest BCUT2D eigenvalue weighted by molar-refractivity contribution is 5.63. The number of hydrogen-bond acceptors (Lipinski definition) is 3. The molecule has 0 aliphatic rings. The van der Waals surface area contributed by atoms with Gasteiger partial charge in [-0.3, -0.25) is 10.1 Å². The minimum atomic E-state index is -0.356. The van der Waals surface area contributed by atoms with Gasteiger partial charge in [0.1, 0.15) is 5.69 Å². The van der Waals surface area contributed by atoms with Crippen LogP contribution in [-0.4, -0.2) is 4.92 Å². The van der Waals surface area contributed by atoms with Crippen LogP contribution in [0.25, 0.3) is 0 Å². The summed E-state index contributed by atoms with van der Waals surface area (Å²) >= 11 is 0. The van der Waals surface area contributed by atoms with E-state index in [0.29, 0.717) is 5.69 Å². The molecule has 1 unspecified atom stereocenters. The third kappa shape index (κ3) is 3.15. The van der Waals surface area contributed by atoms with Crippen LogP contribution in [-0.2, 0) is 0 Å². The molecule has 4 heteroatoms. The van der Waals surface area contributed by atoms with Crippen molar-refractivity contribution in [3.63, 3.8) is 0 Å². The molecule has 20 heavy (non-hydrogen) atoms. The minimum absolute atomic E-state index is 0.00963. The number of nitrogens with one attached hydrogen (secondary N) is 1. The van der Waals surface area contributed by atoms with Gasteiger partial charge in [-0.05, 0) is 38.0 Å². The van der Waals surface area contributed by atoms with E-state index in [1.165, 1.54) is 5.56 Å². The van der Waals surface area contributed by atoms with Crippen LogP contribution in [0, 0.1) is 24.0 Å². The van der Waals surface area contributed by atoms with Gasteiger partial charge in [0.15, 0.2) is 0 Å². The number of anilines is 1. The smallest absolute Gasteiger partial charge is 0.292 e. The zero-order chi connectivity index (χ0) is 14.7. The molecule has 0 aliphatic heterocycles. The van der Waals surface area contributed by atoms with Gasteiger partial charge in [0.2, 0.25) is 0 Å². The van der Waals surface area contributed by atoms with E-state index in [1.807, 2.05) is 45.0 Å². The molecule has 1 atom stereocenters. The average molecular weight is 270 g/mol. The van der Waals surface area contributed by atoms with Gasteiger partial charge in [-0.1, -0.05) is 35.9 Å². The monoisotopic (exact) mass is 270 g/mol. The van der Waals surface area contributed by atoms with Crippen molar-refractivity contribution in [2.45, 2.75) is 26.8 Å². The summed E-state index contributed by atoms with van der Waals surface area (Å²) in [4.78, 5) is 10.7. The van der Waals surface area contributed by atoms with E-state index in [-0.39, 0.29) is 16.7 Å². The van der Waals surface area contributed by atoms with Crippen LogP contribution in [0.2, 0.25) is 0 Å². The van der Waals surface area contributed by atoms with Crippen molar-refractivity contribution in [3.8, 4) is 0 Å². The van der Waals surface area contributed by atoms with Gasteiger partial charge in [-0.25, -0.2) is 0 Å². The third-order valence-corrected chi connectivity index (χ3v) is 3.26. The van der Waals surface area contributed by atoms with E-state index in [2.05, 4.69) is 11.4 Å². The molecule has 0 saturated carbocycles. The Hall–Kier alpha value is -2.36. The second-order valence-electron chi connectivity index (χ2n) is 5.06. The topological polar surface area (TPSA) is 55.2 Å². The number of rotatable bonds is 4. The Kier molecular flexibility index (Phi) is 4.03. The number of nitro benzene ring substituents is 1. The molecular formula is C16H18N2O2. The molecule has 0 bridgehead atoms. The highest BCUT2D eigenvalue weighted by Gasteiger charge is 2.16. The number of nitro groups is 1. The molecule has 0 amide bonds. The number of nitrogens with zero attached hydrogens (tertiary/aromatic N) is 1. The van der Waals surface area contributed by atoms with Crippen molar-refractivity contribution in [2.24, 2.45) is 0 Å².